The van der Waals surface area contributed by atoms with Crippen molar-refractivity contribution in [1.82, 2.24) is 0 Å². The van der Waals surface area contributed by atoms with Crippen LogP contribution in [-0.2, 0) is 14.3 Å². The molecule has 0 heterocycles. The topological polar surface area (TPSA) is 55.7 Å². The van der Waals surface area contributed by atoms with Crippen LogP contribution in [0.1, 0.15) is 57.8 Å². The second-order valence-corrected chi connectivity index (χ2v) is 7.17. The van der Waals surface area contributed by atoms with Crippen LogP contribution in [0, 0.1) is 23.7 Å². The fraction of sp³-hybridized carbons (Fsp3) is 0.882. The zero-order valence-corrected chi connectivity index (χ0v) is 12.6. The molecule has 4 saturated carbocycles. The zero-order chi connectivity index (χ0) is 14.7. The quantitative estimate of drug-likeness (QED) is 0.313. The fourth-order valence-corrected chi connectivity index (χ4v) is 4.96. The molecule has 0 aromatic heterocycles. The SMILES string of the molecule is O=C=NCCCCCC(=O)OC1C2CC3CC(C2)CC1C3. The molecule has 4 bridgehead atoms. The molecular weight excluding hydrogens is 266 g/mol. The number of carbonyl (C=O) groups is 1. The highest BCUT2D eigenvalue weighted by Gasteiger charge is 2.49. The number of carbonyl (C=O) groups excluding carboxylic acids is 2. The first-order valence-electron chi connectivity index (χ1n) is 8.49. The minimum Gasteiger partial charge on any atom is -0.462 e. The van der Waals surface area contributed by atoms with Crippen LogP contribution in [0.2, 0.25) is 0 Å². The number of nitrogens with zero attached hydrogens (tertiary/aromatic N) is 1. The fourth-order valence-electron chi connectivity index (χ4n) is 4.96. The minimum absolute atomic E-state index is 0.0219. The molecule has 4 nitrogen and oxygen atoms in total. The van der Waals surface area contributed by atoms with Crippen molar-refractivity contribution in [2.45, 2.75) is 63.9 Å². The summed E-state index contributed by atoms with van der Waals surface area (Å²) in [7, 11) is 0. The number of aliphatic imine (C=N–C) groups is 1. The van der Waals surface area contributed by atoms with Gasteiger partial charge in [0.25, 0.3) is 0 Å². The highest BCUT2D eigenvalue weighted by Crippen LogP contribution is 2.54. The van der Waals surface area contributed by atoms with E-state index in [-0.39, 0.29) is 12.1 Å². The van der Waals surface area contributed by atoms with Gasteiger partial charge in [-0.1, -0.05) is 6.42 Å². The Balaban J connectivity index is 1.38. The number of hydrogen-bond donors (Lipinski definition) is 0. The van der Waals surface area contributed by atoms with Crippen LogP contribution in [0.4, 0.5) is 0 Å². The molecule has 0 amide bonds. The summed E-state index contributed by atoms with van der Waals surface area (Å²) in [6.07, 6.45) is 11.4. The Bertz CT molecular complexity index is 400. The van der Waals surface area contributed by atoms with E-state index in [9.17, 15) is 9.59 Å². The van der Waals surface area contributed by atoms with Crippen molar-refractivity contribution in [1.29, 1.82) is 0 Å². The first-order valence-corrected chi connectivity index (χ1v) is 8.49. The molecule has 21 heavy (non-hydrogen) atoms. The second-order valence-electron chi connectivity index (χ2n) is 7.17. The molecule has 0 saturated heterocycles. The van der Waals surface area contributed by atoms with E-state index in [4.69, 9.17) is 4.74 Å². The second kappa shape index (κ2) is 6.74. The summed E-state index contributed by atoms with van der Waals surface area (Å²) in [5, 5.41) is 0. The Hall–Kier alpha value is -1.15. The van der Waals surface area contributed by atoms with E-state index in [1.165, 1.54) is 38.2 Å². The normalized spacial score (nSPS) is 36.3. The van der Waals surface area contributed by atoms with Gasteiger partial charge in [0.2, 0.25) is 6.08 Å². The minimum atomic E-state index is -0.0219. The Kier molecular flexibility index (Phi) is 4.74. The van der Waals surface area contributed by atoms with E-state index >= 15 is 0 Å². The first kappa shape index (κ1) is 14.8. The van der Waals surface area contributed by atoms with Gasteiger partial charge in [0.15, 0.2) is 0 Å². The van der Waals surface area contributed by atoms with Gasteiger partial charge in [-0.15, -0.1) is 0 Å². The van der Waals surface area contributed by atoms with Crippen LogP contribution in [0.3, 0.4) is 0 Å². The maximum Gasteiger partial charge on any atom is 0.306 e. The zero-order valence-electron chi connectivity index (χ0n) is 12.6. The van der Waals surface area contributed by atoms with Crippen LogP contribution in [0.25, 0.3) is 0 Å². The molecule has 0 spiro atoms. The molecule has 4 heteroatoms. The van der Waals surface area contributed by atoms with E-state index in [1.54, 1.807) is 0 Å². The molecule has 0 aliphatic heterocycles. The number of isocyanates is 1. The molecule has 0 unspecified atom stereocenters. The summed E-state index contributed by atoms with van der Waals surface area (Å²) in [6, 6.07) is 0. The molecule has 0 atom stereocenters. The van der Waals surface area contributed by atoms with Crippen molar-refractivity contribution in [3.63, 3.8) is 0 Å². The van der Waals surface area contributed by atoms with Gasteiger partial charge in [-0.2, -0.15) is 0 Å². The van der Waals surface area contributed by atoms with Crippen LogP contribution in [-0.4, -0.2) is 24.7 Å². The lowest BCUT2D eigenvalue weighted by atomic mass is 9.55. The van der Waals surface area contributed by atoms with Gasteiger partial charge < -0.3 is 4.74 Å². The third kappa shape index (κ3) is 3.55. The highest BCUT2D eigenvalue weighted by molar-refractivity contribution is 5.69. The summed E-state index contributed by atoms with van der Waals surface area (Å²) >= 11 is 0. The molecule has 4 aliphatic rings. The lowest BCUT2D eigenvalue weighted by Crippen LogP contribution is -2.50. The molecule has 116 valence electrons. The summed E-state index contributed by atoms with van der Waals surface area (Å²) in [5.74, 6) is 3.10. The predicted molar refractivity (Wildman–Crippen MR) is 78.4 cm³/mol. The highest BCUT2D eigenvalue weighted by atomic mass is 16.5. The standard InChI is InChI=1S/C17H25NO3/c19-11-18-5-3-1-2-4-16(20)21-17-14-7-12-6-13(9-14)10-15(17)8-12/h12-15,17H,1-10H2. The van der Waals surface area contributed by atoms with E-state index in [0.29, 0.717) is 24.8 Å². The lowest BCUT2D eigenvalue weighted by molar-refractivity contribution is -0.170. The van der Waals surface area contributed by atoms with Crippen molar-refractivity contribution in [3.8, 4) is 0 Å². The molecule has 4 fully saturated rings. The van der Waals surface area contributed by atoms with E-state index in [0.717, 1.165) is 31.1 Å². The molecular formula is C17H25NO3. The summed E-state index contributed by atoms with van der Waals surface area (Å²) in [6.45, 7) is 0.522. The van der Waals surface area contributed by atoms with Gasteiger partial charge >= 0.3 is 5.97 Å². The van der Waals surface area contributed by atoms with E-state index < -0.39 is 0 Å². The molecule has 0 aromatic rings. The van der Waals surface area contributed by atoms with Crippen LogP contribution in [0.15, 0.2) is 4.99 Å². The Morgan fingerprint density at radius 3 is 2.29 bits per heavy atom. The molecule has 4 aliphatic carbocycles. The largest absolute Gasteiger partial charge is 0.462 e. The molecule has 0 radical (unpaired) electrons. The van der Waals surface area contributed by atoms with Gasteiger partial charge in [0.05, 0.1) is 6.54 Å². The maximum absolute atomic E-state index is 12.0. The Labute approximate surface area is 126 Å². The average molecular weight is 291 g/mol. The van der Waals surface area contributed by atoms with E-state index in [2.05, 4.69) is 4.99 Å². The van der Waals surface area contributed by atoms with Gasteiger partial charge in [0.1, 0.15) is 6.10 Å². The Morgan fingerprint density at radius 2 is 1.67 bits per heavy atom. The first-order chi connectivity index (χ1) is 10.3. The van der Waals surface area contributed by atoms with Crippen molar-refractivity contribution in [2.24, 2.45) is 28.7 Å². The average Bonchev–Trinajstić information content (AvgIpc) is 2.46. The van der Waals surface area contributed by atoms with Gasteiger partial charge in [0, 0.05) is 6.42 Å². The van der Waals surface area contributed by atoms with Crippen LogP contribution >= 0.6 is 0 Å². The van der Waals surface area contributed by atoms with Crippen LogP contribution in [0.5, 0.6) is 0 Å². The molecule has 0 N–H and O–H groups in total. The third-order valence-corrected chi connectivity index (χ3v) is 5.62. The number of ether oxygens (including phenoxy) is 1. The van der Waals surface area contributed by atoms with Crippen molar-refractivity contribution in [2.75, 3.05) is 6.54 Å². The summed E-state index contributed by atoms with van der Waals surface area (Å²) in [5.41, 5.74) is 0. The lowest BCUT2D eigenvalue weighted by Gasteiger charge is -2.53. The van der Waals surface area contributed by atoms with Crippen molar-refractivity contribution in [3.05, 3.63) is 0 Å². The van der Waals surface area contributed by atoms with Crippen LogP contribution < -0.4 is 0 Å². The van der Waals surface area contributed by atoms with Crippen molar-refractivity contribution < 1.29 is 14.3 Å². The van der Waals surface area contributed by atoms with Crippen molar-refractivity contribution >= 4 is 12.0 Å². The summed E-state index contributed by atoms with van der Waals surface area (Å²) < 4.78 is 5.83. The van der Waals surface area contributed by atoms with Gasteiger partial charge in [-0.3, -0.25) is 4.79 Å². The smallest absolute Gasteiger partial charge is 0.306 e. The molecule has 4 rings (SSSR count). The van der Waals surface area contributed by atoms with Gasteiger partial charge in [-0.05, 0) is 68.6 Å². The molecule has 0 aromatic carbocycles. The number of esters is 1. The number of unbranched alkanes of at least 4 members (excludes halogenated alkanes) is 2. The number of hydrogen-bond acceptors (Lipinski definition) is 4. The maximum atomic E-state index is 12.0. The Morgan fingerprint density at radius 1 is 1.00 bits per heavy atom. The predicted octanol–water partition coefficient (Wildman–Crippen LogP) is 3.25. The third-order valence-electron chi connectivity index (χ3n) is 5.62. The monoisotopic (exact) mass is 291 g/mol. The summed E-state index contributed by atoms with van der Waals surface area (Å²) in [4.78, 5) is 25.4. The number of rotatable bonds is 7. The van der Waals surface area contributed by atoms with Gasteiger partial charge in [-0.25, -0.2) is 9.79 Å². The van der Waals surface area contributed by atoms with E-state index in [1.807, 2.05) is 0 Å².